The second-order valence-corrected chi connectivity index (χ2v) is 9.23. The van der Waals surface area contributed by atoms with E-state index in [1.54, 1.807) is 4.68 Å². The van der Waals surface area contributed by atoms with E-state index in [2.05, 4.69) is 0 Å². The van der Waals surface area contributed by atoms with Crippen LogP contribution >= 0.6 is 0 Å². The van der Waals surface area contributed by atoms with E-state index in [9.17, 15) is 9.59 Å². The Morgan fingerprint density at radius 2 is 1.74 bits per heavy atom. The van der Waals surface area contributed by atoms with Crippen molar-refractivity contribution in [2.24, 2.45) is 5.92 Å². The summed E-state index contributed by atoms with van der Waals surface area (Å²) in [5.41, 5.74) is 1.04. The molecule has 0 N–H and O–H groups in total. The van der Waals surface area contributed by atoms with Crippen LogP contribution < -0.4 is 5.69 Å². The van der Waals surface area contributed by atoms with Crippen LogP contribution in [0.4, 0.5) is 0 Å². The highest BCUT2D eigenvalue weighted by Crippen LogP contribution is 2.29. The minimum Gasteiger partial charge on any atom is -0.343 e. The quantitative estimate of drug-likeness (QED) is 0.670. The third kappa shape index (κ3) is 5.28. The molecule has 6 nitrogen and oxygen atoms in total. The van der Waals surface area contributed by atoms with E-state index in [1.807, 2.05) is 46.7 Å². The smallest absolute Gasteiger partial charge is 0.343 e. The maximum Gasteiger partial charge on any atom is 0.346 e. The summed E-state index contributed by atoms with van der Waals surface area (Å²) < 4.78 is 3.41. The number of piperidine rings is 1. The normalized spacial score (nSPS) is 18.4. The number of benzene rings is 1. The van der Waals surface area contributed by atoms with Crippen LogP contribution in [0.2, 0.25) is 0 Å². The van der Waals surface area contributed by atoms with Gasteiger partial charge in [0.25, 0.3) is 0 Å². The van der Waals surface area contributed by atoms with Crippen LogP contribution in [0, 0.1) is 5.92 Å². The molecule has 31 heavy (non-hydrogen) atoms. The van der Waals surface area contributed by atoms with Crippen LogP contribution in [-0.2, 0) is 17.9 Å². The molecule has 1 aliphatic heterocycles. The molecule has 1 amide bonds. The van der Waals surface area contributed by atoms with E-state index in [0.717, 1.165) is 49.7 Å². The summed E-state index contributed by atoms with van der Waals surface area (Å²) in [6, 6.07) is 9.99. The van der Waals surface area contributed by atoms with Crippen molar-refractivity contribution >= 4 is 5.91 Å². The van der Waals surface area contributed by atoms with E-state index < -0.39 is 0 Å². The van der Waals surface area contributed by atoms with E-state index in [0.29, 0.717) is 25.4 Å². The lowest BCUT2D eigenvalue weighted by Crippen LogP contribution is -2.38. The third-order valence-corrected chi connectivity index (χ3v) is 7.15. The van der Waals surface area contributed by atoms with Crippen LogP contribution in [0.5, 0.6) is 0 Å². The van der Waals surface area contributed by atoms with Gasteiger partial charge in [0.05, 0.1) is 6.54 Å². The zero-order chi connectivity index (χ0) is 21.6. The zero-order valence-electron chi connectivity index (χ0n) is 18.8. The van der Waals surface area contributed by atoms with Crippen LogP contribution in [0.3, 0.4) is 0 Å². The second-order valence-electron chi connectivity index (χ2n) is 9.23. The third-order valence-electron chi connectivity index (χ3n) is 7.15. The summed E-state index contributed by atoms with van der Waals surface area (Å²) in [7, 11) is 0. The lowest BCUT2D eigenvalue weighted by Gasteiger charge is -2.32. The Balaban J connectivity index is 1.35. The van der Waals surface area contributed by atoms with Crippen LogP contribution in [0.15, 0.2) is 35.1 Å². The molecule has 168 valence electrons. The Morgan fingerprint density at radius 1 is 1.03 bits per heavy atom. The van der Waals surface area contributed by atoms with Gasteiger partial charge in [-0.2, -0.15) is 5.10 Å². The minimum atomic E-state index is -0.0349. The largest absolute Gasteiger partial charge is 0.346 e. The molecule has 1 saturated carbocycles. The average Bonchev–Trinajstić information content (AvgIpc) is 3.14. The van der Waals surface area contributed by atoms with Gasteiger partial charge < -0.3 is 4.90 Å². The highest BCUT2D eigenvalue weighted by Gasteiger charge is 2.28. The van der Waals surface area contributed by atoms with Crippen molar-refractivity contribution in [3.8, 4) is 0 Å². The van der Waals surface area contributed by atoms with Crippen LogP contribution in [0.1, 0.15) is 82.0 Å². The molecule has 0 bridgehead atoms. The zero-order valence-corrected chi connectivity index (χ0v) is 18.8. The van der Waals surface area contributed by atoms with Gasteiger partial charge in [0.15, 0.2) is 0 Å². The first-order chi connectivity index (χ1) is 15.2. The number of likely N-dealkylation sites (tertiary alicyclic amines) is 1. The topological polar surface area (TPSA) is 60.1 Å². The summed E-state index contributed by atoms with van der Waals surface area (Å²) in [6.45, 7) is 4.68. The number of hydrogen-bond acceptors (Lipinski definition) is 3. The number of rotatable bonds is 7. The highest BCUT2D eigenvalue weighted by atomic mass is 16.2. The fourth-order valence-electron chi connectivity index (χ4n) is 5.27. The molecule has 0 radical (unpaired) electrons. The number of carbonyl (C=O) groups excluding carboxylic acids is 1. The summed E-state index contributed by atoms with van der Waals surface area (Å²) in [6.07, 6.45) is 10.2. The standard InChI is InChI=1S/C25H36N4O2/c1-2-28-24(26-29(25(28)31)19-21-11-7-4-8-12-21)22-15-17-27(18-16-22)23(30)14-13-20-9-5-3-6-10-20/h4,7-8,11-12,20,22H,2-3,5-6,9-10,13-19H2,1H3. The summed E-state index contributed by atoms with van der Waals surface area (Å²) in [5.74, 6) is 2.19. The molecule has 6 heteroatoms. The maximum absolute atomic E-state index is 12.9. The Kier molecular flexibility index (Phi) is 7.25. The van der Waals surface area contributed by atoms with Gasteiger partial charge in [-0.15, -0.1) is 0 Å². The van der Waals surface area contributed by atoms with Gasteiger partial charge in [-0.05, 0) is 37.7 Å². The molecule has 2 aromatic rings. The van der Waals surface area contributed by atoms with Crippen molar-refractivity contribution in [2.75, 3.05) is 13.1 Å². The lowest BCUT2D eigenvalue weighted by molar-refractivity contribution is -0.132. The van der Waals surface area contributed by atoms with E-state index >= 15 is 0 Å². The van der Waals surface area contributed by atoms with Crippen molar-refractivity contribution in [1.82, 2.24) is 19.2 Å². The van der Waals surface area contributed by atoms with Crippen molar-refractivity contribution in [3.63, 3.8) is 0 Å². The van der Waals surface area contributed by atoms with Gasteiger partial charge in [-0.1, -0.05) is 62.4 Å². The predicted octanol–water partition coefficient (Wildman–Crippen LogP) is 4.18. The molecular formula is C25H36N4O2. The molecule has 2 heterocycles. The van der Waals surface area contributed by atoms with Crippen molar-refractivity contribution in [1.29, 1.82) is 0 Å². The van der Waals surface area contributed by atoms with Gasteiger partial charge in [0.2, 0.25) is 5.91 Å². The molecule has 2 fully saturated rings. The molecule has 1 saturated heterocycles. The lowest BCUT2D eigenvalue weighted by atomic mass is 9.86. The Hall–Kier alpha value is -2.37. The van der Waals surface area contributed by atoms with Crippen LogP contribution in [-0.4, -0.2) is 38.2 Å². The second kappa shape index (κ2) is 10.3. The molecule has 1 aliphatic carbocycles. The average molecular weight is 425 g/mol. The number of hydrogen-bond donors (Lipinski definition) is 0. The first-order valence-corrected chi connectivity index (χ1v) is 12.1. The van der Waals surface area contributed by atoms with Crippen molar-refractivity contribution in [2.45, 2.75) is 83.7 Å². The van der Waals surface area contributed by atoms with Gasteiger partial charge in [-0.25, -0.2) is 9.48 Å². The predicted molar refractivity (Wildman–Crippen MR) is 122 cm³/mol. The molecule has 0 atom stereocenters. The molecule has 1 aromatic carbocycles. The Labute approximate surface area is 185 Å². The number of carbonyl (C=O) groups is 1. The maximum atomic E-state index is 12.9. The van der Waals surface area contributed by atoms with Crippen LogP contribution in [0.25, 0.3) is 0 Å². The summed E-state index contributed by atoms with van der Waals surface area (Å²) in [5, 5.41) is 4.73. The van der Waals surface area contributed by atoms with E-state index in [4.69, 9.17) is 5.10 Å². The number of aromatic nitrogens is 3. The van der Waals surface area contributed by atoms with E-state index in [-0.39, 0.29) is 11.6 Å². The van der Waals surface area contributed by atoms with Gasteiger partial charge in [-0.3, -0.25) is 9.36 Å². The fraction of sp³-hybridized carbons (Fsp3) is 0.640. The fourth-order valence-corrected chi connectivity index (χ4v) is 5.27. The molecule has 1 aromatic heterocycles. The van der Waals surface area contributed by atoms with Crippen molar-refractivity contribution < 1.29 is 4.79 Å². The molecular weight excluding hydrogens is 388 g/mol. The first-order valence-electron chi connectivity index (χ1n) is 12.1. The first kappa shape index (κ1) is 21.8. The van der Waals surface area contributed by atoms with Gasteiger partial charge in [0, 0.05) is 32.0 Å². The number of amides is 1. The minimum absolute atomic E-state index is 0.0349. The summed E-state index contributed by atoms with van der Waals surface area (Å²) in [4.78, 5) is 27.6. The number of nitrogens with zero attached hydrogens (tertiary/aromatic N) is 4. The molecule has 0 spiro atoms. The molecule has 0 unspecified atom stereocenters. The van der Waals surface area contributed by atoms with Gasteiger partial charge in [0.1, 0.15) is 5.82 Å². The monoisotopic (exact) mass is 424 g/mol. The van der Waals surface area contributed by atoms with E-state index in [1.165, 1.54) is 32.1 Å². The molecule has 2 aliphatic rings. The van der Waals surface area contributed by atoms with Gasteiger partial charge >= 0.3 is 5.69 Å². The van der Waals surface area contributed by atoms with Crippen molar-refractivity contribution in [3.05, 3.63) is 52.2 Å². The summed E-state index contributed by atoms with van der Waals surface area (Å²) >= 11 is 0. The highest BCUT2D eigenvalue weighted by molar-refractivity contribution is 5.76. The SMILES string of the molecule is CCn1c(C2CCN(C(=O)CCC3CCCCC3)CC2)nn(Cc2ccccc2)c1=O. The Bertz CT molecular complexity index is 903. The Morgan fingerprint density at radius 3 is 2.42 bits per heavy atom. The molecule has 4 rings (SSSR count).